The van der Waals surface area contributed by atoms with Gasteiger partial charge in [0.25, 0.3) is 0 Å². The first-order chi connectivity index (χ1) is 8.47. The maximum absolute atomic E-state index is 13.5. The lowest BCUT2D eigenvalue weighted by molar-refractivity contribution is -0.141. The number of amides is 1. The number of carbonyl (C=O) groups is 2. The lowest BCUT2D eigenvalue weighted by Crippen LogP contribution is -2.26. The summed E-state index contributed by atoms with van der Waals surface area (Å²) in [5, 5.41) is 9.22. The van der Waals surface area contributed by atoms with Crippen molar-refractivity contribution in [1.82, 2.24) is 4.90 Å². The van der Waals surface area contributed by atoms with E-state index in [0.29, 0.717) is 10.6 Å². The van der Waals surface area contributed by atoms with Gasteiger partial charge in [-0.25, -0.2) is 4.39 Å². The third-order valence-corrected chi connectivity index (χ3v) is 3.17. The molecule has 1 N–H and O–H groups in total. The summed E-state index contributed by atoms with van der Waals surface area (Å²) in [6, 6.07) is 4.09. The smallest absolute Gasteiger partial charge is 0.308 e. The first-order valence-electron chi connectivity index (χ1n) is 5.42. The lowest BCUT2D eigenvalue weighted by atomic mass is 10.1. The second-order valence-corrected chi connectivity index (χ2v) is 4.69. The van der Waals surface area contributed by atoms with Gasteiger partial charge in [-0.2, -0.15) is 0 Å². The molecule has 1 heterocycles. The number of benzene rings is 1. The van der Waals surface area contributed by atoms with Gasteiger partial charge in [-0.05, 0) is 18.2 Å². The van der Waals surface area contributed by atoms with E-state index in [2.05, 4.69) is 0 Å². The van der Waals surface area contributed by atoms with E-state index in [1.54, 1.807) is 0 Å². The number of carboxylic acid groups (broad SMARTS) is 1. The van der Waals surface area contributed by atoms with Gasteiger partial charge < -0.3 is 10.0 Å². The molecule has 96 valence electrons. The fourth-order valence-corrected chi connectivity index (χ4v) is 2.16. The zero-order chi connectivity index (χ0) is 13.3. The molecule has 0 bridgehead atoms. The lowest BCUT2D eigenvalue weighted by Gasteiger charge is -2.16. The molecule has 0 spiro atoms. The Morgan fingerprint density at radius 1 is 1.56 bits per heavy atom. The van der Waals surface area contributed by atoms with Gasteiger partial charge in [0.15, 0.2) is 0 Å². The largest absolute Gasteiger partial charge is 0.481 e. The molecule has 1 aromatic carbocycles. The summed E-state index contributed by atoms with van der Waals surface area (Å²) < 4.78 is 13.5. The number of rotatable bonds is 3. The molecule has 1 unspecified atom stereocenters. The molecule has 4 nitrogen and oxygen atoms in total. The van der Waals surface area contributed by atoms with E-state index in [9.17, 15) is 14.0 Å². The number of carboxylic acids is 1. The van der Waals surface area contributed by atoms with Crippen molar-refractivity contribution in [2.45, 2.75) is 13.0 Å². The Morgan fingerprint density at radius 3 is 2.89 bits per heavy atom. The minimum absolute atomic E-state index is 0.0302. The van der Waals surface area contributed by atoms with Crippen LogP contribution in [0.5, 0.6) is 0 Å². The standard InChI is InChI=1S/C12H11ClFNO3/c13-9-1-2-10(14)7(3-9)5-15-6-8(12(17)18)4-11(15)16/h1-3,8H,4-6H2,(H,17,18). The predicted molar refractivity (Wildman–Crippen MR) is 62.6 cm³/mol. The van der Waals surface area contributed by atoms with Gasteiger partial charge in [0.1, 0.15) is 5.82 Å². The molecule has 0 aromatic heterocycles. The van der Waals surface area contributed by atoms with Crippen LogP contribution in [0, 0.1) is 11.7 Å². The highest BCUT2D eigenvalue weighted by Gasteiger charge is 2.34. The number of likely N-dealkylation sites (tertiary alicyclic amines) is 1. The minimum Gasteiger partial charge on any atom is -0.481 e. The third kappa shape index (κ3) is 2.61. The highest BCUT2D eigenvalue weighted by molar-refractivity contribution is 6.30. The van der Waals surface area contributed by atoms with E-state index in [1.165, 1.54) is 23.1 Å². The highest BCUT2D eigenvalue weighted by Crippen LogP contribution is 2.22. The van der Waals surface area contributed by atoms with Crippen LogP contribution >= 0.6 is 11.6 Å². The van der Waals surface area contributed by atoms with Crippen molar-refractivity contribution in [3.63, 3.8) is 0 Å². The van der Waals surface area contributed by atoms with Crippen LogP contribution in [0.2, 0.25) is 5.02 Å². The first-order valence-corrected chi connectivity index (χ1v) is 5.79. The van der Waals surface area contributed by atoms with Crippen LogP contribution < -0.4 is 0 Å². The Morgan fingerprint density at radius 2 is 2.28 bits per heavy atom. The van der Waals surface area contributed by atoms with E-state index in [1.807, 2.05) is 0 Å². The summed E-state index contributed by atoms with van der Waals surface area (Å²) in [7, 11) is 0. The van der Waals surface area contributed by atoms with Crippen LogP contribution in [0.25, 0.3) is 0 Å². The fraction of sp³-hybridized carbons (Fsp3) is 0.333. The van der Waals surface area contributed by atoms with E-state index < -0.39 is 17.7 Å². The second kappa shape index (κ2) is 4.94. The summed E-state index contributed by atoms with van der Waals surface area (Å²) in [5.41, 5.74) is 0.293. The van der Waals surface area contributed by atoms with Gasteiger partial charge in [-0.15, -0.1) is 0 Å². The molecule has 1 saturated heterocycles. The molecule has 0 saturated carbocycles. The van der Waals surface area contributed by atoms with E-state index >= 15 is 0 Å². The van der Waals surface area contributed by atoms with Gasteiger partial charge in [-0.3, -0.25) is 9.59 Å². The Balaban J connectivity index is 2.12. The third-order valence-electron chi connectivity index (χ3n) is 2.93. The number of carbonyl (C=O) groups excluding carboxylic acids is 1. The zero-order valence-electron chi connectivity index (χ0n) is 9.40. The van der Waals surface area contributed by atoms with Crippen molar-refractivity contribution in [3.8, 4) is 0 Å². The molecular formula is C12H11ClFNO3. The van der Waals surface area contributed by atoms with Crippen LogP contribution in [0.4, 0.5) is 4.39 Å². The van der Waals surface area contributed by atoms with Gasteiger partial charge >= 0.3 is 5.97 Å². The average molecular weight is 272 g/mol. The second-order valence-electron chi connectivity index (χ2n) is 4.25. The molecule has 0 aliphatic carbocycles. The highest BCUT2D eigenvalue weighted by atomic mass is 35.5. The normalized spacial score (nSPS) is 19.3. The molecule has 2 rings (SSSR count). The van der Waals surface area contributed by atoms with Crippen molar-refractivity contribution in [2.24, 2.45) is 5.92 Å². The van der Waals surface area contributed by atoms with Crippen LogP contribution in [0.15, 0.2) is 18.2 Å². The molecule has 6 heteroatoms. The number of nitrogens with zero attached hydrogens (tertiary/aromatic N) is 1. The van der Waals surface area contributed by atoms with Crippen molar-refractivity contribution < 1.29 is 19.1 Å². The summed E-state index contributed by atoms with van der Waals surface area (Å²) in [4.78, 5) is 23.7. The van der Waals surface area contributed by atoms with Gasteiger partial charge in [0, 0.05) is 30.1 Å². The number of aliphatic carboxylic acids is 1. The fourth-order valence-electron chi connectivity index (χ4n) is 1.96. The number of hydrogen-bond acceptors (Lipinski definition) is 2. The Bertz CT molecular complexity index is 506. The first kappa shape index (κ1) is 12.8. The molecule has 1 atom stereocenters. The average Bonchev–Trinajstić information content (AvgIpc) is 2.66. The quantitative estimate of drug-likeness (QED) is 0.914. The van der Waals surface area contributed by atoms with Crippen molar-refractivity contribution in [3.05, 3.63) is 34.6 Å². The van der Waals surface area contributed by atoms with Crippen LogP contribution in [0.3, 0.4) is 0 Å². The Labute approximate surface area is 108 Å². The Hall–Kier alpha value is -1.62. The molecule has 1 aliphatic rings. The van der Waals surface area contributed by atoms with E-state index in [-0.39, 0.29) is 25.4 Å². The molecule has 0 radical (unpaired) electrons. The SMILES string of the molecule is O=C(O)C1CC(=O)N(Cc2cc(Cl)ccc2F)C1. The predicted octanol–water partition coefficient (Wildman–Crippen LogP) is 1.91. The maximum atomic E-state index is 13.5. The summed E-state index contributed by atoms with van der Waals surface area (Å²) in [5.74, 6) is -2.44. The van der Waals surface area contributed by atoms with Crippen LogP contribution in [-0.2, 0) is 16.1 Å². The zero-order valence-corrected chi connectivity index (χ0v) is 10.2. The van der Waals surface area contributed by atoms with Crippen molar-refractivity contribution >= 4 is 23.5 Å². The molecular weight excluding hydrogens is 261 g/mol. The van der Waals surface area contributed by atoms with E-state index in [4.69, 9.17) is 16.7 Å². The molecule has 1 fully saturated rings. The van der Waals surface area contributed by atoms with Crippen LogP contribution in [-0.4, -0.2) is 28.4 Å². The van der Waals surface area contributed by atoms with Gasteiger partial charge in [0.05, 0.1) is 5.92 Å². The van der Waals surface area contributed by atoms with Crippen molar-refractivity contribution in [2.75, 3.05) is 6.54 Å². The van der Waals surface area contributed by atoms with Gasteiger partial charge in [-0.1, -0.05) is 11.6 Å². The summed E-state index contributed by atoms with van der Waals surface area (Å²) >= 11 is 5.75. The molecule has 1 aromatic rings. The van der Waals surface area contributed by atoms with E-state index in [0.717, 1.165) is 0 Å². The summed E-state index contributed by atoms with van der Waals surface area (Å²) in [6.07, 6.45) is -0.0302. The monoisotopic (exact) mass is 271 g/mol. The van der Waals surface area contributed by atoms with Crippen LogP contribution in [0.1, 0.15) is 12.0 Å². The number of halogens is 2. The maximum Gasteiger partial charge on any atom is 0.308 e. The minimum atomic E-state index is -1.00. The summed E-state index contributed by atoms with van der Waals surface area (Å²) in [6.45, 7) is 0.162. The molecule has 18 heavy (non-hydrogen) atoms. The van der Waals surface area contributed by atoms with Crippen molar-refractivity contribution in [1.29, 1.82) is 0 Å². The topological polar surface area (TPSA) is 57.6 Å². The molecule has 1 amide bonds. The number of hydrogen-bond donors (Lipinski definition) is 1. The van der Waals surface area contributed by atoms with Gasteiger partial charge in [0.2, 0.25) is 5.91 Å². The Kier molecular flexibility index (Phi) is 3.52. The molecule has 1 aliphatic heterocycles.